The molecule has 15 heavy (non-hydrogen) atoms. The summed E-state index contributed by atoms with van der Waals surface area (Å²) in [5.41, 5.74) is 6.68. The Labute approximate surface area is 93.8 Å². The van der Waals surface area contributed by atoms with Gasteiger partial charge in [0.25, 0.3) is 0 Å². The largest absolute Gasteiger partial charge is 0.495 e. The summed E-state index contributed by atoms with van der Waals surface area (Å²) in [5, 5.41) is 9.86. The first-order valence-corrected chi connectivity index (χ1v) is 5.24. The van der Waals surface area contributed by atoms with Crippen molar-refractivity contribution in [2.24, 2.45) is 5.73 Å². The van der Waals surface area contributed by atoms with Crippen LogP contribution < -0.4 is 10.5 Å². The van der Waals surface area contributed by atoms with Crippen molar-refractivity contribution in [2.75, 3.05) is 7.11 Å². The van der Waals surface area contributed by atoms with E-state index in [2.05, 4.69) is 0 Å². The fourth-order valence-corrected chi connectivity index (χ4v) is 2.18. The summed E-state index contributed by atoms with van der Waals surface area (Å²) in [4.78, 5) is 0. The van der Waals surface area contributed by atoms with Gasteiger partial charge >= 0.3 is 0 Å². The number of benzene rings is 1. The zero-order valence-corrected chi connectivity index (χ0v) is 9.29. The molecular formula is C11H14ClNO2. The van der Waals surface area contributed by atoms with Crippen molar-refractivity contribution in [1.29, 1.82) is 0 Å². The van der Waals surface area contributed by atoms with E-state index in [0.29, 0.717) is 23.6 Å². The third-order valence-corrected chi connectivity index (χ3v) is 3.24. The van der Waals surface area contributed by atoms with E-state index in [4.69, 9.17) is 22.1 Å². The van der Waals surface area contributed by atoms with E-state index in [-0.39, 0.29) is 6.10 Å². The summed E-state index contributed by atoms with van der Waals surface area (Å²) in [5.74, 6) is 0.625. The van der Waals surface area contributed by atoms with Gasteiger partial charge in [0.15, 0.2) is 0 Å². The minimum atomic E-state index is -0.419. The molecule has 0 spiro atoms. The quantitative estimate of drug-likeness (QED) is 0.808. The van der Waals surface area contributed by atoms with E-state index < -0.39 is 5.54 Å². The summed E-state index contributed by atoms with van der Waals surface area (Å²) in [6, 6.07) is 5.50. The number of aliphatic hydroxyl groups is 1. The minimum absolute atomic E-state index is 0.281. The van der Waals surface area contributed by atoms with Crippen LogP contribution in [-0.2, 0) is 5.54 Å². The average molecular weight is 228 g/mol. The molecule has 0 radical (unpaired) electrons. The van der Waals surface area contributed by atoms with Gasteiger partial charge in [-0.1, -0.05) is 17.7 Å². The minimum Gasteiger partial charge on any atom is -0.495 e. The Bertz CT molecular complexity index is 375. The van der Waals surface area contributed by atoms with Gasteiger partial charge < -0.3 is 15.6 Å². The summed E-state index contributed by atoms with van der Waals surface area (Å²) in [7, 11) is 1.57. The number of hydrogen-bond acceptors (Lipinski definition) is 3. The molecule has 4 heteroatoms. The summed E-state index contributed by atoms with van der Waals surface area (Å²) >= 11 is 5.92. The van der Waals surface area contributed by atoms with E-state index in [9.17, 15) is 5.11 Å². The van der Waals surface area contributed by atoms with Crippen molar-refractivity contribution < 1.29 is 9.84 Å². The molecule has 0 heterocycles. The van der Waals surface area contributed by atoms with E-state index >= 15 is 0 Å². The number of hydrogen-bond donors (Lipinski definition) is 2. The zero-order valence-electron chi connectivity index (χ0n) is 8.53. The second kappa shape index (κ2) is 3.67. The Kier molecular flexibility index (Phi) is 2.63. The van der Waals surface area contributed by atoms with Crippen LogP contribution in [0.4, 0.5) is 0 Å². The molecule has 2 rings (SSSR count). The molecular weight excluding hydrogens is 214 g/mol. The molecule has 0 amide bonds. The molecule has 1 aliphatic rings. The maximum absolute atomic E-state index is 9.29. The highest BCUT2D eigenvalue weighted by Gasteiger charge is 2.41. The van der Waals surface area contributed by atoms with Crippen molar-refractivity contribution >= 4 is 11.6 Å². The van der Waals surface area contributed by atoms with Crippen LogP contribution in [0.25, 0.3) is 0 Å². The molecule has 3 nitrogen and oxygen atoms in total. The van der Waals surface area contributed by atoms with Gasteiger partial charge in [0.1, 0.15) is 5.75 Å². The Hall–Kier alpha value is -0.770. The first-order valence-electron chi connectivity index (χ1n) is 4.86. The maximum atomic E-state index is 9.29. The lowest BCUT2D eigenvalue weighted by molar-refractivity contribution is 0.0208. The molecule has 0 atom stereocenters. The van der Waals surface area contributed by atoms with Crippen molar-refractivity contribution in [3.63, 3.8) is 0 Å². The fourth-order valence-electron chi connectivity index (χ4n) is 1.99. The molecule has 0 aliphatic heterocycles. The maximum Gasteiger partial charge on any atom is 0.137 e. The molecule has 0 unspecified atom stereocenters. The van der Waals surface area contributed by atoms with Crippen LogP contribution in [-0.4, -0.2) is 18.3 Å². The summed E-state index contributed by atoms with van der Waals surface area (Å²) in [6.07, 6.45) is 0.909. The lowest BCUT2D eigenvalue weighted by Gasteiger charge is -2.42. The fraction of sp³-hybridized carbons (Fsp3) is 0.455. The number of rotatable bonds is 2. The van der Waals surface area contributed by atoms with Crippen molar-refractivity contribution in [3.8, 4) is 5.75 Å². The van der Waals surface area contributed by atoms with Crippen molar-refractivity contribution in [1.82, 2.24) is 0 Å². The first kappa shape index (κ1) is 10.7. The third-order valence-electron chi connectivity index (χ3n) is 2.93. The summed E-state index contributed by atoms with van der Waals surface area (Å²) in [6.45, 7) is 0. The molecule has 82 valence electrons. The highest BCUT2D eigenvalue weighted by atomic mass is 35.5. The SMILES string of the molecule is COc1cc(C2(N)CC(O)C2)ccc1Cl. The van der Waals surface area contributed by atoms with Gasteiger partial charge in [-0.05, 0) is 30.5 Å². The van der Waals surface area contributed by atoms with Gasteiger partial charge in [0, 0.05) is 5.54 Å². The van der Waals surface area contributed by atoms with E-state index in [0.717, 1.165) is 5.56 Å². The molecule has 3 N–H and O–H groups in total. The average Bonchev–Trinajstić information content (AvgIpc) is 2.16. The Morgan fingerprint density at radius 3 is 2.73 bits per heavy atom. The van der Waals surface area contributed by atoms with Gasteiger partial charge in [-0.25, -0.2) is 0 Å². The van der Waals surface area contributed by atoms with E-state index in [1.165, 1.54) is 0 Å². The predicted molar refractivity (Wildman–Crippen MR) is 59.1 cm³/mol. The van der Waals surface area contributed by atoms with Crippen molar-refractivity contribution in [2.45, 2.75) is 24.5 Å². The standard InChI is InChI=1S/C11H14ClNO2/c1-15-10-4-7(2-3-9(10)12)11(13)5-8(14)6-11/h2-4,8,14H,5-6,13H2,1H3. The summed E-state index contributed by atoms with van der Waals surface area (Å²) < 4.78 is 5.13. The van der Waals surface area contributed by atoms with Crippen LogP contribution in [0.1, 0.15) is 18.4 Å². The van der Waals surface area contributed by atoms with Gasteiger partial charge in [-0.3, -0.25) is 0 Å². The highest BCUT2D eigenvalue weighted by molar-refractivity contribution is 6.32. The van der Waals surface area contributed by atoms with Crippen LogP contribution in [0.3, 0.4) is 0 Å². The number of methoxy groups -OCH3 is 1. The third kappa shape index (κ3) is 1.83. The smallest absolute Gasteiger partial charge is 0.137 e. The Morgan fingerprint density at radius 2 is 2.20 bits per heavy atom. The van der Waals surface area contributed by atoms with Crippen LogP contribution in [0.2, 0.25) is 5.02 Å². The molecule has 1 aliphatic carbocycles. The molecule has 0 aromatic heterocycles. The van der Waals surface area contributed by atoms with Crippen LogP contribution >= 0.6 is 11.6 Å². The Morgan fingerprint density at radius 1 is 1.53 bits per heavy atom. The monoisotopic (exact) mass is 227 g/mol. The molecule has 0 bridgehead atoms. The molecule has 0 saturated heterocycles. The number of halogens is 1. The lowest BCUT2D eigenvalue weighted by Crippen LogP contribution is -2.51. The topological polar surface area (TPSA) is 55.5 Å². The van der Waals surface area contributed by atoms with E-state index in [1.807, 2.05) is 12.1 Å². The molecule has 1 saturated carbocycles. The highest BCUT2D eigenvalue weighted by Crippen LogP contribution is 2.41. The van der Waals surface area contributed by atoms with Crippen LogP contribution in [0, 0.1) is 0 Å². The zero-order chi connectivity index (χ0) is 11.1. The Balaban J connectivity index is 2.30. The van der Waals surface area contributed by atoms with Gasteiger partial charge in [-0.2, -0.15) is 0 Å². The van der Waals surface area contributed by atoms with Gasteiger partial charge in [0.05, 0.1) is 18.2 Å². The molecule has 1 fully saturated rings. The second-order valence-electron chi connectivity index (χ2n) is 4.07. The van der Waals surface area contributed by atoms with Crippen molar-refractivity contribution in [3.05, 3.63) is 28.8 Å². The number of nitrogens with two attached hydrogens (primary N) is 1. The van der Waals surface area contributed by atoms with Gasteiger partial charge in [0.2, 0.25) is 0 Å². The normalized spacial score (nSPS) is 29.7. The molecule has 1 aromatic rings. The second-order valence-corrected chi connectivity index (χ2v) is 4.47. The predicted octanol–water partition coefficient (Wildman–Crippen LogP) is 1.66. The lowest BCUT2D eigenvalue weighted by atomic mass is 9.70. The van der Waals surface area contributed by atoms with Gasteiger partial charge in [-0.15, -0.1) is 0 Å². The number of ether oxygens (including phenoxy) is 1. The first-order chi connectivity index (χ1) is 7.05. The van der Waals surface area contributed by atoms with E-state index in [1.54, 1.807) is 13.2 Å². The number of aliphatic hydroxyl groups excluding tert-OH is 1. The van der Waals surface area contributed by atoms with Crippen LogP contribution in [0.5, 0.6) is 5.75 Å². The van der Waals surface area contributed by atoms with Crippen LogP contribution in [0.15, 0.2) is 18.2 Å². The molecule has 1 aromatic carbocycles.